The van der Waals surface area contributed by atoms with E-state index in [4.69, 9.17) is 9.84 Å². The fraction of sp³-hybridized carbons (Fsp3) is 0.879. The van der Waals surface area contributed by atoms with Crippen LogP contribution in [0.25, 0.3) is 0 Å². The maximum absolute atomic E-state index is 12.3. The lowest BCUT2D eigenvalue weighted by atomic mass is 9.38. The molecule has 220 valence electrons. The molecule has 5 rings (SSSR count). The minimum absolute atomic E-state index is 0. The Hall–Kier alpha value is -1.20. The molecule has 0 aromatic carbocycles. The molecule has 5 nitrogen and oxygen atoms in total. The van der Waals surface area contributed by atoms with Crippen molar-refractivity contribution < 1.29 is 26.0 Å². The zero-order valence-electron chi connectivity index (χ0n) is 24.2. The van der Waals surface area contributed by atoms with Gasteiger partial charge in [-0.25, -0.2) is 0 Å². The number of esters is 1. The Balaban J connectivity index is 0.00000130. The van der Waals surface area contributed by atoms with E-state index < -0.39 is 12.1 Å². The molecule has 0 aliphatic heterocycles. The number of aliphatic hydroxyl groups excluding tert-OH is 2. The van der Waals surface area contributed by atoms with Gasteiger partial charge in [0.1, 0.15) is 18.5 Å². The van der Waals surface area contributed by atoms with Crippen molar-refractivity contribution in [2.24, 2.45) is 51.8 Å². The van der Waals surface area contributed by atoms with Gasteiger partial charge < -0.3 is 19.7 Å². The largest absolute Gasteiger partial charge is 0.462 e. The summed E-state index contributed by atoms with van der Waals surface area (Å²) in [6, 6.07) is 0. The Labute approximate surface area is 233 Å². The fourth-order valence-corrected chi connectivity index (χ4v) is 10.7. The molecule has 5 aliphatic carbocycles. The van der Waals surface area contributed by atoms with Crippen LogP contribution in [-0.4, -0.2) is 41.8 Å². The number of fused-ring (bicyclic) bond motifs is 7. The van der Waals surface area contributed by atoms with Gasteiger partial charge in [-0.3, -0.25) is 4.79 Å². The monoisotopic (exact) mass is 534 g/mol. The maximum Gasteiger partial charge on any atom is 0.309 e. The van der Waals surface area contributed by atoms with Gasteiger partial charge in [0.2, 0.25) is 0 Å². The van der Waals surface area contributed by atoms with Gasteiger partial charge in [0.25, 0.3) is 0 Å². The second-order valence-corrected chi connectivity index (χ2v) is 14.1. The summed E-state index contributed by atoms with van der Waals surface area (Å²) < 4.78 is 5.83. The van der Waals surface area contributed by atoms with Gasteiger partial charge in [0.05, 0.1) is 6.42 Å². The lowest BCUT2D eigenvalue weighted by Gasteiger charge is -2.66. The number of ether oxygens (including phenoxy) is 1. The first-order chi connectivity index (χ1) is 17.5. The zero-order valence-corrected chi connectivity index (χ0v) is 24.2. The number of carbonyl (C=O) groups excluding carboxylic acids is 2. The summed E-state index contributed by atoms with van der Waals surface area (Å²) in [6.45, 7) is 12.6. The third kappa shape index (κ3) is 5.04. The van der Waals surface area contributed by atoms with E-state index in [9.17, 15) is 14.7 Å². The summed E-state index contributed by atoms with van der Waals surface area (Å²) >= 11 is 0. The Morgan fingerprint density at radius 2 is 1.76 bits per heavy atom. The number of allylic oxidation sites excluding steroid dienone is 2. The van der Waals surface area contributed by atoms with Crippen LogP contribution in [0.3, 0.4) is 0 Å². The molecule has 38 heavy (non-hydrogen) atoms. The predicted octanol–water partition coefficient (Wildman–Crippen LogP) is 6.99. The topological polar surface area (TPSA) is 83.8 Å². The van der Waals surface area contributed by atoms with E-state index in [0.717, 1.165) is 37.7 Å². The molecule has 0 bridgehead atoms. The molecular formula is C33H58O5. The maximum atomic E-state index is 12.3. The van der Waals surface area contributed by atoms with Crippen molar-refractivity contribution in [3.8, 4) is 0 Å². The third-order valence-corrected chi connectivity index (χ3v) is 12.3. The van der Waals surface area contributed by atoms with E-state index >= 15 is 0 Å². The summed E-state index contributed by atoms with van der Waals surface area (Å²) in [7, 11) is 1.00. The summed E-state index contributed by atoms with van der Waals surface area (Å²) in [6.07, 6.45) is 14.2. The van der Waals surface area contributed by atoms with E-state index in [2.05, 4.69) is 40.7 Å². The molecule has 0 spiro atoms. The highest BCUT2D eigenvalue weighted by atomic mass is 16.5. The molecule has 5 heteroatoms. The number of aldehydes is 1. The normalized spacial score (nSPS) is 46.1. The summed E-state index contributed by atoms with van der Waals surface area (Å²) in [5.74, 6) is 3.47. The summed E-state index contributed by atoms with van der Waals surface area (Å²) in [5, 5.41) is 16.5. The predicted molar refractivity (Wildman–Crippen MR) is 154 cm³/mol. The van der Waals surface area contributed by atoms with Gasteiger partial charge in [-0.2, -0.15) is 0 Å². The summed E-state index contributed by atoms with van der Waals surface area (Å²) in [5.41, 5.74) is 3.01. The molecular weight excluding hydrogens is 476 g/mol. The minimum Gasteiger partial charge on any atom is -0.462 e. The van der Waals surface area contributed by atoms with Crippen molar-refractivity contribution in [1.82, 2.24) is 0 Å². The van der Waals surface area contributed by atoms with Crippen LogP contribution < -0.4 is 0 Å². The SMILES string of the molecule is C.CC1CCCC2(C)CCC3C(=CCC4C3(C)CCC3C(C)C(OC(=O)CC(O)C=O)CCC34C)C12.CO.[HH]. The van der Waals surface area contributed by atoms with Crippen molar-refractivity contribution in [3.63, 3.8) is 0 Å². The second-order valence-electron chi connectivity index (χ2n) is 14.1. The second kappa shape index (κ2) is 11.7. The number of aliphatic hydroxyl groups is 2. The smallest absolute Gasteiger partial charge is 0.309 e. The van der Waals surface area contributed by atoms with Crippen LogP contribution in [0.4, 0.5) is 0 Å². The van der Waals surface area contributed by atoms with Crippen molar-refractivity contribution in [3.05, 3.63) is 11.6 Å². The van der Waals surface area contributed by atoms with Gasteiger partial charge in [-0.15, -0.1) is 0 Å². The molecule has 0 aromatic rings. The molecule has 0 radical (unpaired) electrons. The van der Waals surface area contributed by atoms with Gasteiger partial charge >= 0.3 is 5.97 Å². The van der Waals surface area contributed by atoms with Gasteiger partial charge in [0, 0.05) is 8.54 Å². The lowest BCUT2D eigenvalue weighted by Crippen LogP contribution is -2.59. The molecule has 11 unspecified atom stereocenters. The number of rotatable bonds is 4. The molecule has 5 aliphatic rings. The average molecular weight is 535 g/mol. The van der Waals surface area contributed by atoms with E-state index in [1.54, 1.807) is 0 Å². The molecule has 4 fully saturated rings. The van der Waals surface area contributed by atoms with Crippen LogP contribution in [0.2, 0.25) is 0 Å². The van der Waals surface area contributed by atoms with E-state index in [-0.39, 0.29) is 26.8 Å². The van der Waals surface area contributed by atoms with E-state index in [0.29, 0.717) is 34.9 Å². The van der Waals surface area contributed by atoms with Gasteiger partial charge in [-0.05, 0) is 103 Å². The Morgan fingerprint density at radius 3 is 2.45 bits per heavy atom. The number of carbonyl (C=O) groups is 2. The number of hydrogen-bond donors (Lipinski definition) is 2. The molecule has 2 N–H and O–H groups in total. The molecule has 11 atom stereocenters. The first kappa shape index (κ1) is 31.3. The van der Waals surface area contributed by atoms with Crippen LogP contribution in [0.5, 0.6) is 0 Å². The molecule has 0 aromatic heterocycles. The van der Waals surface area contributed by atoms with Crippen molar-refractivity contribution in [2.45, 2.75) is 125 Å². The quantitative estimate of drug-likeness (QED) is 0.231. The van der Waals surface area contributed by atoms with E-state index in [1.165, 1.54) is 51.4 Å². The first-order valence-electron chi connectivity index (χ1n) is 15.0. The van der Waals surface area contributed by atoms with Crippen LogP contribution in [0, 0.1) is 51.8 Å². The number of hydrogen-bond acceptors (Lipinski definition) is 5. The summed E-state index contributed by atoms with van der Waals surface area (Å²) in [4.78, 5) is 23.1. The van der Waals surface area contributed by atoms with Crippen LogP contribution >= 0.6 is 0 Å². The van der Waals surface area contributed by atoms with Crippen molar-refractivity contribution in [1.29, 1.82) is 0 Å². The zero-order chi connectivity index (χ0) is 27.2. The third-order valence-electron chi connectivity index (χ3n) is 12.3. The van der Waals surface area contributed by atoms with Crippen LogP contribution in [-0.2, 0) is 14.3 Å². The molecule has 0 heterocycles. The van der Waals surface area contributed by atoms with Crippen LogP contribution in [0.1, 0.15) is 114 Å². The highest BCUT2D eigenvalue weighted by Crippen LogP contribution is 2.70. The Bertz CT molecular complexity index is 889. The van der Waals surface area contributed by atoms with Crippen molar-refractivity contribution >= 4 is 12.3 Å². The van der Waals surface area contributed by atoms with Gasteiger partial charge in [-0.1, -0.05) is 66.5 Å². The molecule has 0 amide bonds. The molecule has 4 saturated carbocycles. The fourth-order valence-electron chi connectivity index (χ4n) is 10.7. The van der Waals surface area contributed by atoms with E-state index in [1.807, 2.05) is 5.57 Å². The highest BCUT2D eigenvalue weighted by molar-refractivity contribution is 5.74. The Kier molecular flexibility index (Phi) is 9.67. The average Bonchev–Trinajstić information content (AvgIpc) is 2.86. The standard InChI is InChI=1S/C31H48O4.CH4O.CH4.H2/c1-19-7-6-13-29(3)14-10-24-22(28(19)29)8-9-26-30(4)16-12-25(35-27(34)17-21(33)18-32)20(2)23(30)11-15-31(24,26)5;1-2;;/h8,18-21,23-26,28,33H,6-7,9-17H2,1-5H3;2H,1H3;1H4;1H. The Morgan fingerprint density at radius 1 is 1.08 bits per heavy atom. The first-order valence-corrected chi connectivity index (χ1v) is 15.0. The molecule has 0 saturated heterocycles. The van der Waals surface area contributed by atoms with Gasteiger partial charge in [0.15, 0.2) is 0 Å². The van der Waals surface area contributed by atoms with Crippen molar-refractivity contribution in [2.75, 3.05) is 7.11 Å². The highest BCUT2D eigenvalue weighted by Gasteiger charge is 2.62. The van der Waals surface area contributed by atoms with Crippen LogP contribution in [0.15, 0.2) is 11.6 Å². The minimum atomic E-state index is -1.26. The lowest BCUT2D eigenvalue weighted by molar-refractivity contribution is -0.179.